The third-order valence-corrected chi connectivity index (χ3v) is 5.55. The maximum atomic E-state index is 13.9. The highest BCUT2D eigenvalue weighted by Gasteiger charge is 2.60. The number of rotatable bonds is 7. The molecule has 0 spiro atoms. The van der Waals surface area contributed by atoms with Gasteiger partial charge in [-0.3, -0.25) is 0 Å². The SMILES string of the molecule is CCOCN1C(C(F)(F)F)=C(Br)C(C#N)C1(COCC(F)(F)F)c1ccc(Cl)cc1. The van der Waals surface area contributed by atoms with E-state index in [4.69, 9.17) is 21.1 Å². The van der Waals surface area contributed by atoms with Crippen molar-refractivity contribution in [3.63, 3.8) is 0 Å². The highest BCUT2D eigenvalue weighted by atomic mass is 79.9. The molecule has 4 nitrogen and oxygen atoms in total. The standard InChI is InChI=1S/C18H16BrClF6N2O2/c1-2-29-10-28-15(18(24,25)26)14(19)13(7-27)16(28,8-30-9-17(21,22)23)11-3-5-12(20)6-4-11/h3-6,13H,2,8-10H2,1H3. The first-order valence-electron chi connectivity index (χ1n) is 8.51. The molecule has 1 aliphatic rings. The number of nitrogens with zero attached hydrogens (tertiary/aromatic N) is 2. The van der Waals surface area contributed by atoms with Gasteiger partial charge in [0.05, 0.1) is 12.7 Å². The van der Waals surface area contributed by atoms with Gasteiger partial charge in [0.1, 0.15) is 30.5 Å². The molecule has 0 aliphatic carbocycles. The zero-order valence-electron chi connectivity index (χ0n) is 15.4. The van der Waals surface area contributed by atoms with E-state index in [0.29, 0.717) is 0 Å². The van der Waals surface area contributed by atoms with E-state index >= 15 is 0 Å². The van der Waals surface area contributed by atoms with Gasteiger partial charge in [-0.15, -0.1) is 0 Å². The van der Waals surface area contributed by atoms with E-state index in [1.807, 2.05) is 0 Å². The lowest BCUT2D eigenvalue weighted by molar-refractivity contribution is -0.189. The van der Waals surface area contributed by atoms with Crippen molar-refractivity contribution in [2.45, 2.75) is 24.8 Å². The van der Waals surface area contributed by atoms with E-state index in [1.165, 1.54) is 24.3 Å². The Bertz CT molecular complexity index is 822. The van der Waals surface area contributed by atoms with Crippen molar-refractivity contribution in [2.24, 2.45) is 5.92 Å². The van der Waals surface area contributed by atoms with Crippen molar-refractivity contribution in [1.82, 2.24) is 4.90 Å². The lowest BCUT2D eigenvalue weighted by Gasteiger charge is -2.43. The molecule has 0 radical (unpaired) electrons. The van der Waals surface area contributed by atoms with Crippen LogP contribution >= 0.6 is 27.5 Å². The topological polar surface area (TPSA) is 45.5 Å². The predicted molar refractivity (Wildman–Crippen MR) is 99.4 cm³/mol. The van der Waals surface area contributed by atoms with Crippen molar-refractivity contribution in [3.8, 4) is 6.07 Å². The van der Waals surface area contributed by atoms with Crippen molar-refractivity contribution < 1.29 is 35.8 Å². The van der Waals surface area contributed by atoms with Crippen LogP contribution in [0.15, 0.2) is 34.4 Å². The van der Waals surface area contributed by atoms with E-state index in [0.717, 1.165) is 4.90 Å². The summed E-state index contributed by atoms with van der Waals surface area (Å²) in [5.41, 5.74) is -3.03. The number of ether oxygens (including phenoxy) is 2. The molecule has 2 rings (SSSR count). The Balaban J connectivity index is 2.68. The number of nitriles is 1. The summed E-state index contributed by atoms with van der Waals surface area (Å²) in [5.74, 6) is -1.52. The Morgan fingerprint density at radius 3 is 2.23 bits per heavy atom. The molecular weight excluding hydrogens is 506 g/mol. The second-order valence-corrected chi connectivity index (χ2v) is 7.64. The zero-order valence-corrected chi connectivity index (χ0v) is 17.8. The van der Waals surface area contributed by atoms with Gasteiger partial charge < -0.3 is 14.4 Å². The van der Waals surface area contributed by atoms with Gasteiger partial charge in [-0.2, -0.15) is 31.6 Å². The lowest BCUT2D eigenvalue weighted by Crippen LogP contribution is -2.52. The summed E-state index contributed by atoms with van der Waals surface area (Å²) >= 11 is 8.72. The largest absolute Gasteiger partial charge is 0.432 e. The first-order valence-corrected chi connectivity index (χ1v) is 9.68. The molecule has 12 heteroatoms. The fraction of sp³-hybridized carbons (Fsp3) is 0.500. The van der Waals surface area contributed by atoms with Crippen molar-refractivity contribution >= 4 is 27.5 Å². The number of benzene rings is 1. The van der Waals surface area contributed by atoms with Crippen LogP contribution in [0.2, 0.25) is 5.02 Å². The summed E-state index contributed by atoms with van der Waals surface area (Å²) in [6, 6.07) is 7.22. The third kappa shape index (κ3) is 5.04. The van der Waals surface area contributed by atoms with Crippen LogP contribution in [0.3, 0.4) is 0 Å². The quantitative estimate of drug-likeness (QED) is 0.430. The fourth-order valence-corrected chi connectivity index (χ4v) is 4.32. The molecule has 30 heavy (non-hydrogen) atoms. The highest BCUT2D eigenvalue weighted by molar-refractivity contribution is 9.11. The van der Waals surface area contributed by atoms with Crippen LogP contribution in [0.1, 0.15) is 12.5 Å². The zero-order chi connectivity index (χ0) is 22.7. The van der Waals surface area contributed by atoms with Crippen LogP contribution < -0.4 is 0 Å². The van der Waals surface area contributed by atoms with Gasteiger partial charge >= 0.3 is 12.4 Å². The Morgan fingerprint density at radius 1 is 1.17 bits per heavy atom. The van der Waals surface area contributed by atoms with Crippen LogP contribution in [0.25, 0.3) is 0 Å². The highest BCUT2D eigenvalue weighted by Crippen LogP contribution is 2.55. The van der Waals surface area contributed by atoms with Gasteiger partial charge in [0.2, 0.25) is 0 Å². The summed E-state index contributed by atoms with van der Waals surface area (Å²) < 4.78 is 89.2. The molecule has 0 bridgehead atoms. The molecule has 0 amide bonds. The fourth-order valence-electron chi connectivity index (χ4n) is 3.27. The molecule has 166 valence electrons. The van der Waals surface area contributed by atoms with E-state index in [-0.39, 0.29) is 17.2 Å². The maximum Gasteiger partial charge on any atom is 0.432 e. The van der Waals surface area contributed by atoms with Crippen molar-refractivity contribution in [1.29, 1.82) is 5.26 Å². The molecule has 0 aromatic heterocycles. The Labute approximate surface area is 182 Å². The monoisotopic (exact) mass is 520 g/mol. The maximum absolute atomic E-state index is 13.9. The van der Waals surface area contributed by atoms with Gasteiger partial charge in [-0.05, 0) is 24.6 Å². The van der Waals surface area contributed by atoms with Gasteiger partial charge in [0.15, 0.2) is 0 Å². The van der Waals surface area contributed by atoms with Crippen molar-refractivity contribution in [2.75, 3.05) is 26.6 Å². The lowest BCUT2D eigenvalue weighted by atomic mass is 9.80. The molecule has 0 saturated carbocycles. The minimum Gasteiger partial charge on any atom is -0.369 e. The summed E-state index contributed by atoms with van der Waals surface area (Å²) in [5, 5.41) is 9.98. The average Bonchev–Trinajstić information content (AvgIpc) is 2.87. The molecule has 2 unspecified atom stereocenters. The van der Waals surface area contributed by atoms with Gasteiger partial charge in [-0.1, -0.05) is 39.7 Å². The van der Waals surface area contributed by atoms with E-state index < -0.39 is 53.9 Å². The van der Waals surface area contributed by atoms with E-state index in [9.17, 15) is 31.6 Å². The molecule has 0 saturated heterocycles. The van der Waals surface area contributed by atoms with Gasteiger partial charge in [-0.25, -0.2) is 0 Å². The third-order valence-electron chi connectivity index (χ3n) is 4.46. The second-order valence-electron chi connectivity index (χ2n) is 6.35. The van der Waals surface area contributed by atoms with E-state index in [2.05, 4.69) is 15.9 Å². The summed E-state index contributed by atoms with van der Waals surface area (Å²) in [4.78, 5) is 0.730. The molecular formula is C18H16BrClF6N2O2. The second kappa shape index (κ2) is 9.34. The molecule has 0 N–H and O–H groups in total. The molecule has 1 aromatic carbocycles. The minimum atomic E-state index is -4.91. The van der Waals surface area contributed by atoms with E-state index in [1.54, 1.807) is 13.0 Å². The van der Waals surface area contributed by atoms with Gasteiger partial charge in [0, 0.05) is 16.1 Å². The first-order chi connectivity index (χ1) is 13.9. The smallest absolute Gasteiger partial charge is 0.369 e. The van der Waals surface area contributed by atoms with Gasteiger partial charge in [0.25, 0.3) is 0 Å². The number of hydrogen-bond donors (Lipinski definition) is 0. The Kier molecular flexibility index (Phi) is 7.72. The number of hydrogen-bond acceptors (Lipinski definition) is 4. The summed E-state index contributed by atoms with van der Waals surface area (Å²) in [6.07, 6.45) is -9.62. The first kappa shape index (κ1) is 24.8. The van der Waals surface area contributed by atoms with Crippen LogP contribution in [0, 0.1) is 17.2 Å². The van der Waals surface area contributed by atoms with Crippen molar-refractivity contribution in [3.05, 3.63) is 45.0 Å². The molecule has 1 heterocycles. The Hall–Kier alpha value is -1.48. The Morgan fingerprint density at radius 2 is 1.77 bits per heavy atom. The summed E-state index contributed by atoms with van der Waals surface area (Å²) in [7, 11) is 0. The van der Waals surface area contributed by atoms with Crippen LogP contribution in [-0.2, 0) is 15.0 Å². The molecule has 1 aromatic rings. The van der Waals surface area contributed by atoms with Crippen LogP contribution in [-0.4, -0.2) is 43.8 Å². The number of halogens is 8. The molecule has 0 fully saturated rings. The van der Waals surface area contributed by atoms with Crippen LogP contribution in [0.5, 0.6) is 0 Å². The minimum absolute atomic E-state index is 0.0383. The number of alkyl halides is 6. The molecule has 1 aliphatic heterocycles. The number of allylic oxidation sites excluding steroid dienone is 1. The summed E-state index contributed by atoms with van der Waals surface area (Å²) in [6.45, 7) is -1.59. The normalized spacial score (nSPS) is 22.5. The molecule has 2 atom stereocenters. The van der Waals surface area contributed by atoms with Crippen LogP contribution in [0.4, 0.5) is 26.3 Å². The average molecular weight is 522 g/mol. The predicted octanol–water partition coefficient (Wildman–Crippen LogP) is 5.73.